The second-order valence-corrected chi connectivity index (χ2v) is 5.57. The van der Waals surface area contributed by atoms with E-state index in [1.54, 1.807) is 6.07 Å². The van der Waals surface area contributed by atoms with E-state index in [2.05, 4.69) is 21.9 Å². The van der Waals surface area contributed by atoms with Gasteiger partial charge < -0.3 is 25.4 Å². The van der Waals surface area contributed by atoms with Crippen molar-refractivity contribution in [1.82, 2.24) is 14.6 Å². The molecule has 1 fully saturated rings. The van der Waals surface area contributed by atoms with Crippen molar-refractivity contribution in [3.63, 3.8) is 0 Å². The lowest BCUT2D eigenvalue weighted by Gasteiger charge is -2.24. The molecule has 2 aromatic rings. The molecule has 1 saturated heterocycles. The number of aliphatic hydroxyl groups excluding tert-OH is 2. The number of anilines is 1. The number of nitrogens with two attached hydrogens (primary N) is 1. The number of carbonyl (C=O) groups is 1. The van der Waals surface area contributed by atoms with Gasteiger partial charge in [-0.2, -0.15) is 10.4 Å². The van der Waals surface area contributed by atoms with Crippen LogP contribution in [0.15, 0.2) is 18.5 Å². The molecular formula is C16H15N5O5. The predicted octanol–water partition coefficient (Wildman–Crippen LogP) is -1.28. The summed E-state index contributed by atoms with van der Waals surface area (Å²) in [5, 5.41) is 34.5. The Morgan fingerprint density at radius 3 is 3.00 bits per heavy atom. The molecule has 26 heavy (non-hydrogen) atoms. The molecule has 0 bridgehead atoms. The van der Waals surface area contributed by atoms with Crippen molar-refractivity contribution < 1.29 is 24.5 Å². The number of hydrogen-bond donors (Lipinski definition) is 3. The summed E-state index contributed by atoms with van der Waals surface area (Å²) in [5.74, 6) is 3.93. The summed E-state index contributed by atoms with van der Waals surface area (Å²) < 4.78 is 11.8. The first kappa shape index (κ1) is 17.6. The molecule has 3 rings (SSSR count). The molecule has 10 nitrogen and oxygen atoms in total. The van der Waals surface area contributed by atoms with Crippen molar-refractivity contribution in [1.29, 1.82) is 5.26 Å². The van der Waals surface area contributed by atoms with E-state index >= 15 is 0 Å². The predicted molar refractivity (Wildman–Crippen MR) is 86.0 cm³/mol. The molecule has 4 N–H and O–H groups in total. The molecule has 0 unspecified atom stereocenters. The lowest BCUT2D eigenvalue weighted by Crippen LogP contribution is -2.41. The summed E-state index contributed by atoms with van der Waals surface area (Å²) in [6, 6.07) is 4.95. The highest BCUT2D eigenvalue weighted by Gasteiger charge is 2.57. The average molecular weight is 357 g/mol. The number of fused-ring (bicyclic) bond motifs is 1. The van der Waals surface area contributed by atoms with Gasteiger partial charge in [-0.3, -0.25) is 0 Å². The van der Waals surface area contributed by atoms with Crippen LogP contribution in [0.5, 0.6) is 0 Å². The quantitative estimate of drug-likeness (QED) is 0.346. The summed E-state index contributed by atoms with van der Waals surface area (Å²) in [5.41, 5.74) is 4.42. The zero-order valence-electron chi connectivity index (χ0n) is 13.7. The van der Waals surface area contributed by atoms with Crippen LogP contribution in [0.2, 0.25) is 0 Å². The SMILES string of the molecule is CC#CC(=O)OC[C@H]1O[C@@](C#N)(c2ccc3c(N)ncnn23)[C@H](O)[C@@H]1O. The Hall–Kier alpha value is -3.18. The number of aliphatic hydroxyl groups is 2. The Morgan fingerprint density at radius 2 is 2.31 bits per heavy atom. The van der Waals surface area contributed by atoms with Crippen LogP contribution in [0.1, 0.15) is 12.6 Å². The minimum atomic E-state index is -1.93. The van der Waals surface area contributed by atoms with Crippen LogP contribution in [0.25, 0.3) is 5.52 Å². The highest BCUT2D eigenvalue weighted by molar-refractivity contribution is 5.88. The molecule has 0 saturated carbocycles. The van der Waals surface area contributed by atoms with Crippen LogP contribution in [0, 0.1) is 23.2 Å². The van der Waals surface area contributed by atoms with E-state index in [1.165, 1.54) is 23.8 Å². The minimum absolute atomic E-state index is 0.165. The topological polar surface area (TPSA) is 156 Å². The maximum absolute atomic E-state index is 11.4. The average Bonchev–Trinajstić information content (AvgIpc) is 3.16. The van der Waals surface area contributed by atoms with Crippen LogP contribution >= 0.6 is 0 Å². The summed E-state index contributed by atoms with van der Waals surface area (Å²) in [6.45, 7) is 1.09. The number of nitrogens with zero attached hydrogens (tertiary/aromatic N) is 4. The van der Waals surface area contributed by atoms with Gasteiger partial charge in [0.1, 0.15) is 42.8 Å². The molecule has 0 spiro atoms. The zero-order chi connectivity index (χ0) is 18.9. The fraction of sp³-hybridized carbons (Fsp3) is 0.375. The highest BCUT2D eigenvalue weighted by atomic mass is 16.6. The Labute approximate surface area is 147 Å². The van der Waals surface area contributed by atoms with Crippen LogP contribution in [-0.4, -0.2) is 55.7 Å². The molecule has 4 atom stereocenters. The fourth-order valence-electron chi connectivity index (χ4n) is 2.85. The molecule has 0 aliphatic carbocycles. The third-order valence-electron chi connectivity index (χ3n) is 4.09. The third kappa shape index (κ3) is 2.62. The number of nitriles is 1. The van der Waals surface area contributed by atoms with E-state index in [9.17, 15) is 20.3 Å². The second-order valence-electron chi connectivity index (χ2n) is 5.57. The zero-order valence-corrected chi connectivity index (χ0v) is 13.7. The second kappa shape index (κ2) is 6.61. The fourth-order valence-corrected chi connectivity index (χ4v) is 2.85. The minimum Gasteiger partial charge on any atom is -0.453 e. The summed E-state index contributed by atoms with van der Waals surface area (Å²) >= 11 is 0. The van der Waals surface area contributed by atoms with E-state index in [0.717, 1.165) is 0 Å². The molecule has 2 aromatic heterocycles. The monoisotopic (exact) mass is 357 g/mol. The maximum Gasteiger partial charge on any atom is 0.384 e. The van der Waals surface area contributed by atoms with Gasteiger partial charge >= 0.3 is 5.97 Å². The largest absolute Gasteiger partial charge is 0.453 e. The van der Waals surface area contributed by atoms with Crippen molar-refractivity contribution in [2.24, 2.45) is 0 Å². The summed E-state index contributed by atoms with van der Waals surface area (Å²) in [6.07, 6.45) is -3.02. The number of ether oxygens (including phenoxy) is 2. The molecule has 10 heteroatoms. The number of esters is 1. The van der Waals surface area contributed by atoms with E-state index in [4.69, 9.17) is 15.2 Å². The number of nitrogen functional groups attached to an aromatic ring is 1. The van der Waals surface area contributed by atoms with E-state index in [0.29, 0.717) is 5.52 Å². The number of aromatic nitrogens is 3. The number of hydrogen-bond acceptors (Lipinski definition) is 9. The van der Waals surface area contributed by atoms with Crippen LogP contribution in [0.3, 0.4) is 0 Å². The molecule has 3 heterocycles. The molecule has 1 aliphatic heterocycles. The van der Waals surface area contributed by atoms with Gasteiger partial charge in [0.2, 0.25) is 5.60 Å². The normalized spacial score (nSPS) is 27.5. The molecular weight excluding hydrogens is 342 g/mol. The summed E-state index contributed by atoms with van der Waals surface area (Å²) in [7, 11) is 0. The molecule has 1 aliphatic rings. The number of carbonyl (C=O) groups excluding carboxylic acids is 1. The van der Waals surface area contributed by atoms with Crippen molar-refractivity contribution >= 4 is 17.3 Å². The van der Waals surface area contributed by atoms with Gasteiger partial charge in [0, 0.05) is 5.92 Å². The first-order valence-electron chi connectivity index (χ1n) is 7.58. The van der Waals surface area contributed by atoms with Crippen LogP contribution in [0.4, 0.5) is 5.82 Å². The molecule has 0 amide bonds. The van der Waals surface area contributed by atoms with Gasteiger partial charge in [-0.25, -0.2) is 14.3 Å². The van der Waals surface area contributed by atoms with Crippen LogP contribution < -0.4 is 5.73 Å². The smallest absolute Gasteiger partial charge is 0.384 e. The molecule has 0 aromatic carbocycles. The Kier molecular flexibility index (Phi) is 4.49. The van der Waals surface area contributed by atoms with Crippen LogP contribution in [-0.2, 0) is 19.9 Å². The molecule has 0 radical (unpaired) electrons. The Morgan fingerprint density at radius 1 is 1.54 bits per heavy atom. The first-order chi connectivity index (χ1) is 12.4. The first-order valence-corrected chi connectivity index (χ1v) is 7.58. The van der Waals surface area contributed by atoms with Gasteiger partial charge in [-0.05, 0) is 19.1 Å². The van der Waals surface area contributed by atoms with Crippen molar-refractivity contribution in [2.45, 2.75) is 30.8 Å². The number of rotatable bonds is 3. The lowest BCUT2D eigenvalue weighted by molar-refractivity contribution is -0.143. The van der Waals surface area contributed by atoms with Gasteiger partial charge in [0.15, 0.2) is 5.82 Å². The van der Waals surface area contributed by atoms with Gasteiger partial charge in [-0.15, -0.1) is 0 Å². The van der Waals surface area contributed by atoms with E-state index in [-0.39, 0.29) is 18.1 Å². The van der Waals surface area contributed by atoms with Crippen molar-refractivity contribution in [3.8, 4) is 17.9 Å². The standard InChI is InChI=1S/C16H15N5O5/c1-2-3-12(22)25-6-10-13(23)14(24)16(7-17,26-10)11-5-4-9-15(18)19-8-20-21(9)11/h4-5,8,10,13-14,23-24H,6H2,1H3,(H2,18,19,20)/t10-,13-,14-,16+/m1/s1. The third-order valence-corrected chi connectivity index (χ3v) is 4.09. The summed E-state index contributed by atoms with van der Waals surface area (Å²) in [4.78, 5) is 15.2. The maximum atomic E-state index is 11.4. The van der Waals surface area contributed by atoms with E-state index in [1.807, 2.05) is 6.07 Å². The molecule has 134 valence electrons. The van der Waals surface area contributed by atoms with Gasteiger partial charge in [-0.1, -0.05) is 5.92 Å². The van der Waals surface area contributed by atoms with Gasteiger partial charge in [0.25, 0.3) is 0 Å². The Bertz CT molecular complexity index is 955. The van der Waals surface area contributed by atoms with Gasteiger partial charge in [0.05, 0.1) is 5.69 Å². The van der Waals surface area contributed by atoms with Crippen molar-refractivity contribution in [3.05, 3.63) is 24.2 Å². The van der Waals surface area contributed by atoms with E-state index < -0.39 is 29.9 Å². The Balaban J connectivity index is 1.95. The van der Waals surface area contributed by atoms with Crippen molar-refractivity contribution in [2.75, 3.05) is 12.3 Å². The lowest BCUT2D eigenvalue weighted by atomic mass is 9.92. The highest BCUT2D eigenvalue weighted by Crippen LogP contribution is 2.40.